The third kappa shape index (κ3) is 2.25. The molecule has 2 atom stereocenters. The molecule has 88 valence electrons. The lowest BCUT2D eigenvalue weighted by atomic mass is 10.0. The fraction of sp³-hybridized carbons (Fsp3) is 0.538. The van der Waals surface area contributed by atoms with E-state index in [2.05, 4.69) is 11.8 Å². The Morgan fingerprint density at radius 2 is 2.25 bits per heavy atom. The molecule has 2 unspecified atom stereocenters. The van der Waals surface area contributed by atoms with E-state index in [1.165, 1.54) is 6.07 Å². The first kappa shape index (κ1) is 11.6. The maximum atomic E-state index is 13.7. The molecule has 0 spiro atoms. The Morgan fingerprint density at radius 3 is 2.81 bits per heavy atom. The maximum Gasteiger partial charge on any atom is 0.127 e. The number of nitrogens with two attached hydrogens (primary N) is 1. The van der Waals surface area contributed by atoms with Crippen LogP contribution in [0.5, 0.6) is 0 Å². The van der Waals surface area contributed by atoms with Crippen LogP contribution in [-0.2, 0) is 0 Å². The summed E-state index contributed by atoms with van der Waals surface area (Å²) in [6, 6.07) is 7.48. The van der Waals surface area contributed by atoms with Gasteiger partial charge in [-0.2, -0.15) is 0 Å². The Bertz CT molecular complexity index is 354. The summed E-state index contributed by atoms with van der Waals surface area (Å²) in [4.78, 5) is 2.29. The molecule has 1 aliphatic heterocycles. The van der Waals surface area contributed by atoms with Crippen LogP contribution in [-0.4, -0.2) is 24.0 Å². The van der Waals surface area contributed by atoms with Crippen molar-refractivity contribution in [2.75, 3.05) is 13.1 Å². The number of rotatable bonds is 3. The van der Waals surface area contributed by atoms with Gasteiger partial charge in [0.15, 0.2) is 0 Å². The summed E-state index contributed by atoms with van der Waals surface area (Å²) in [7, 11) is 0. The van der Waals surface area contributed by atoms with Crippen LogP contribution in [0.1, 0.15) is 31.4 Å². The summed E-state index contributed by atoms with van der Waals surface area (Å²) in [6.07, 6.45) is 1.94. The van der Waals surface area contributed by atoms with Crippen LogP contribution >= 0.6 is 0 Å². The molecule has 1 aromatic rings. The number of halogens is 1. The highest BCUT2D eigenvalue weighted by molar-refractivity contribution is 5.21. The molecule has 0 radical (unpaired) electrons. The standard InChI is InChI=1S/C13H19FN2/c1-2-13(16-8-7-10(15)9-16)11-5-3-4-6-12(11)14/h3-6,10,13H,2,7-9,15H2,1H3. The highest BCUT2D eigenvalue weighted by atomic mass is 19.1. The van der Waals surface area contributed by atoms with Crippen LogP contribution in [0.4, 0.5) is 4.39 Å². The zero-order valence-corrected chi connectivity index (χ0v) is 9.70. The minimum absolute atomic E-state index is 0.102. The number of hydrogen-bond donors (Lipinski definition) is 1. The van der Waals surface area contributed by atoms with Gasteiger partial charge in [0.2, 0.25) is 0 Å². The lowest BCUT2D eigenvalue weighted by Gasteiger charge is -2.27. The highest BCUT2D eigenvalue weighted by Crippen LogP contribution is 2.29. The second kappa shape index (κ2) is 4.93. The van der Waals surface area contributed by atoms with Crippen molar-refractivity contribution < 1.29 is 4.39 Å². The smallest absolute Gasteiger partial charge is 0.127 e. The zero-order chi connectivity index (χ0) is 11.5. The number of benzene rings is 1. The third-order valence-electron chi connectivity index (χ3n) is 3.35. The van der Waals surface area contributed by atoms with Crippen molar-refractivity contribution >= 4 is 0 Å². The number of likely N-dealkylation sites (tertiary alicyclic amines) is 1. The van der Waals surface area contributed by atoms with Gasteiger partial charge >= 0.3 is 0 Å². The van der Waals surface area contributed by atoms with Crippen LogP contribution < -0.4 is 5.73 Å². The normalized spacial score (nSPS) is 23.6. The maximum absolute atomic E-state index is 13.7. The predicted molar refractivity (Wildman–Crippen MR) is 63.6 cm³/mol. The molecule has 1 saturated heterocycles. The minimum atomic E-state index is -0.102. The summed E-state index contributed by atoms with van der Waals surface area (Å²) < 4.78 is 13.7. The lowest BCUT2D eigenvalue weighted by Crippen LogP contribution is -2.30. The van der Waals surface area contributed by atoms with Crippen LogP contribution in [0, 0.1) is 5.82 Å². The molecule has 0 aliphatic carbocycles. The Kier molecular flexibility index (Phi) is 3.56. The molecule has 3 heteroatoms. The average Bonchev–Trinajstić information content (AvgIpc) is 2.69. The number of hydrogen-bond acceptors (Lipinski definition) is 2. The summed E-state index contributed by atoms with van der Waals surface area (Å²) in [5.41, 5.74) is 6.70. The number of nitrogens with zero attached hydrogens (tertiary/aromatic N) is 1. The molecule has 2 rings (SSSR count). The molecule has 0 aromatic heterocycles. The van der Waals surface area contributed by atoms with Crippen LogP contribution in [0.2, 0.25) is 0 Å². The van der Waals surface area contributed by atoms with E-state index in [-0.39, 0.29) is 17.9 Å². The quantitative estimate of drug-likeness (QED) is 0.850. The first-order valence-corrected chi connectivity index (χ1v) is 5.96. The molecule has 1 fully saturated rings. The summed E-state index contributed by atoms with van der Waals surface area (Å²) in [5, 5.41) is 0. The second-order valence-corrected chi connectivity index (χ2v) is 4.49. The van der Waals surface area contributed by atoms with E-state index < -0.39 is 0 Å². The van der Waals surface area contributed by atoms with Gasteiger partial charge in [-0.25, -0.2) is 4.39 Å². The SMILES string of the molecule is CCC(c1ccccc1F)N1CCC(N)C1. The van der Waals surface area contributed by atoms with E-state index in [1.807, 2.05) is 12.1 Å². The molecule has 1 aliphatic rings. The Labute approximate surface area is 96.2 Å². The van der Waals surface area contributed by atoms with Crippen LogP contribution in [0.15, 0.2) is 24.3 Å². The van der Waals surface area contributed by atoms with Crippen LogP contribution in [0.3, 0.4) is 0 Å². The van der Waals surface area contributed by atoms with E-state index in [0.717, 1.165) is 31.5 Å². The highest BCUT2D eigenvalue weighted by Gasteiger charge is 2.27. The van der Waals surface area contributed by atoms with E-state index >= 15 is 0 Å². The third-order valence-corrected chi connectivity index (χ3v) is 3.35. The molecular formula is C13H19FN2. The molecule has 1 heterocycles. The second-order valence-electron chi connectivity index (χ2n) is 4.49. The van der Waals surface area contributed by atoms with Gasteiger partial charge in [0.1, 0.15) is 5.82 Å². The van der Waals surface area contributed by atoms with E-state index in [4.69, 9.17) is 5.73 Å². The van der Waals surface area contributed by atoms with Crippen molar-refractivity contribution in [3.8, 4) is 0 Å². The molecule has 0 bridgehead atoms. The van der Waals surface area contributed by atoms with Crippen molar-refractivity contribution in [3.05, 3.63) is 35.6 Å². The van der Waals surface area contributed by atoms with Gasteiger partial charge in [-0.1, -0.05) is 25.1 Å². The Balaban J connectivity index is 2.19. The molecule has 1 aromatic carbocycles. The fourth-order valence-corrected chi connectivity index (χ4v) is 2.52. The van der Waals surface area contributed by atoms with Crippen LogP contribution in [0.25, 0.3) is 0 Å². The molecule has 0 amide bonds. The van der Waals surface area contributed by atoms with Gasteiger partial charge in [-0.3, -0.25) is 4.90 Å². The van der Waals surface area contributed by atoms with Crippen molar-refractivity contribution in [2.24, 2.45) is 5.73 Å². The van der Waals surface area contributed by atoms with Gasteiger partial charge in [0, 0.05) is 30.7 Å². The molecular weight excluding hydrogens is 203 g/mol. The van der Waals surface area contributed by atoms with Gasteiger partial charge in [-0.05, 0) is 18.9 Å². The first-order chi connectivity index (χ1) is 7.72. The van der Waals surface area contributed by atoms with Crippen molar-refractivity contribution in [1.82, 2.24) is 4.90 Å². The summed E-state index contributed by atoms with van der Waals surface area (Å²) in [5.74, 6) is -0.102. The summed E-state index contributed by atoms with van der Waals surface area (Å²) in [6.45, 7) is 3.96. The average molecular weight is 222 g/mol. The predicted octanol–water partition coefficient (Wildman–Crippen LogP) is 2.31. The Hall–Kier alpha value is -0.930. The van der Waals surface area contributed by atoms with Crippen molar-refractivity contribution in [3.63, 3.8) is 0 Å². The van der Waals surface area contributed by atoms with Crippen molar-refractivity contribution in [2.45, 2.75) is 31.8 Å². The monoisotopic (exact) mass is 222 g/mol. The summed E-state index contributed by atoms with van der Waals surface area (Å²) >= 11 is 0. The largest absolute Gasteiger partial charge is 0.326 e. The van der Waals surface area contributed by atoms with E-state index in [1.54, 1.807) is 6.07 Å². The van der Waals surface area contributed by atoms with Crippen molar-refractivity contribution in [1.29, 1.82) is 0 Å². The minimum Gasteiger partial charge on any atom is -0.326 e. The molecule has 2 nitrogen and oxygen atoms in total. The fourth-order valence-electron chi connectivity index (χ4n) is 2.52. The van der Waals surface area contributed by atoms with E-state index in [9.17, 15) is 4.39 Å². The van der Waals surface area contributed by atoms with Gasteiger partial charge < -0.3 is 5.73 Å². The molecule has 0 saturated carbocycles. The topological polar surface area (TPSA) is 29.3 Å². The van der Waals surface area contributed by atoms with Gasteiger partial charge in [0.05, 0.1) is 0 Å². The van der Waals surface area contributed by atoms with Gasteiger partial charge in [-0.15, -0.1) is 0 Å². The molecule has 2 N–H and O–H groups in total. The zero-order valence-electron chi connectivity index (χ0n) is 9.70. The van der Waals surface area contributed by atoms with Gasteiger partial charge in [0.25, 0.3) is 0 Å². The first-order valence-electron chi connectivity index (χ1n) is 5.96. The Morgan fingerprint density at radius 1 is 1.50 bits per heavy atom. The molecule has 16 heavy (non-hydrogen) atoms. The van der Waals surface area contributed by atoms with E-state index in [0.29, 0.717) is 0 Å². The lowest BCUT2D eigenvalue weighted by molar-refractivity contribution is 0.231.